The molecule has 0 saturated carbocycles. The van der Waals surface area contributed by atoms with E-state index < -0.39 is 0 Å². The molecule has 0 aromatic carbocycles. The first-order valence-corrected chi connectivity index (χ1v) is 5.70. The van der Waals surface area contributed by atoms with Crippen LogP contribution in [0.4, 0.5) is 11.6 Å². The molecule has 0 atom stereocenters. The summed E-state index contributed by atoms with van der Waals surface area (Å²) in [6.07, 6.45) is 3.32. The second-order valence-corrected chi connectivity index (χ2v) is 4.77. The number of anilines is 2. The topological polar surface area (TPSA) is 76.7 Å². The van der Waals surface area contributed by atoms with Gasteiger partial charge in [-0.05, 0) is 13.8 Å². The summed E-state index contributed by atoms with van der Waals surface area (Å²) in [5.74, 6) is 1.27. The molecule has 3 N–H and O–H groups in total. The average Bonchev–Trinajstić information content (AvgIpc) is 2.67. The maximum Gasteiger partial charge on any atom is 0.134 e. The Morgan fingerprint density at radius 2 is 2.12 bits per heavy atom. The normalized spacial score (nSPS) is 10.4. The molecule has 0 amide bonds. The highest BCUT2D eigenvalue weighted by Gasteiger charge is 2.04. The van der Waals surface area contributed by atoms with Crippen LogP contribution in [0.2, 0.25) is 0 Å². The third-order valence-corrected chi connectivity index (χ3v) is 3.11. The molecule has 0 radical (unpaired) electrons. The Kier molecular flexibility index (Phi) is 3.00. The van der Waals surface area contributed by atoms with Gasteiger partial charge in [-0.15, -0.1) is 11.3 Å². The number of hydrogen-bond acceptors (Lipinski definition) is 6. The van der Waals surface area contributed by atoms with Gasteiger partial charge in [0.1, 0.15) is 23.0 Å². The first-order chi connectivity index (χ1) is 7.66. The number of nitrogens with one attached hydrogen (secondary N) is 1. The monoisotopic (exact) mass is 235 g/mol. The minimum atomic E-state index is 0.507. The van der Waals surface area contributed by atoms with Crippen molar-refractivity contribution in [2.75, 3.05) is 11.1 Å². The fourth-order valence-electron chi connectivity index (χ4n) is 1.28. The van der Waals surface area contributed by atoms with E-state index in [9.17, 15) is 0 Å². The number of aryl methyl sites for hydroxylation is 1. The first kappa shape index (κ1) is 10.8. The molecule has 2 rings (SSSR count). The van der Waals surface area contributed by atoms with E-state index in [1.807, 2.05) is 20.0 Å². The van der Waals surface area contributed by atoms with Gasteiger partial charge in [0.25, 0.3) is 0 Å². The summed E-state index contributed by atoms with van der Waals surface area (Å²) in [6, 6.07) is 0. The van der Waals surface area contributed by atoms with Crippen LogP contribution < -0.4 is 11.1 Å². The molecule has 2 heterocycles. The summed E-state index contributed by atoms with van der Waals surface area (Å²) in [5.41, 5.74) is 6.56. The standard InChI is InChI=1S/C10H13N5S/c1-6-3-12-8(16-6)4-13-10-7(2)9(11)14-5-15-10/h3,5H,4H2,1-2H3,(H3,11,13,14,15). The highest BCUT2D eigenvalue weighted by atomic mass is 32.1. The van der Waals surface area contributed by atoms with E-state index in [4.69, 9.17) is 5.73 Å². The quantitative estimate of drug-likeness (QED) is 0.847. The molecular weight excluding hydrogens is 222 g/mol. The zero-order valence-corrected chi connectivity index (χ0v) is 10.0. The maximum atomic E-state index is 5.69. The molecule has 2 aromatic rings. The third kappa shape index (κ3) is 2.27. The van der Waals surface area contributed by atoms with Crippen molar-refractivity contribution in [2.45, 2.75) is 20.4 Å². The largest absolute Gasteiger partial charge is 0.383 e. The molecule has 0 unspecified atom stereocenters. The summed E-state index contributed by atoms with van der Waals surface area (Å²) in [7, 11) is 0. The molecule has 0 aliphatic carbocycles. The Hall–Kier alpha value is -1.69. The Balaban J connectivity index is 2.07. The van der Waals surface area contributed by atoms with Crippen molar-refractivity contribution in [1.29, 1.82) is 0 Å². The van der Waals surface area contributed by atoms with E-state index in [1.54, 1.807) is 11.3 Å². The van der Waals surface area contributed by atoms with Crippen molar-refractivity contribution in [3.05, 3.63) is 28.0 Å². The highest BCUT2D eigenvalue weighted by Crippen LogP contribution is 2.17. The lowest BCUT2D eigenvalue weighted by Crippen LogP contribution is -2.05. The molecule has 2 aromatic heterocycles. The smallest absolute Gasteiger partial charge is 0.134 e. The SMILES string of the molecule is Cc1cnc(CNc2ncnc(N)c2C)s1. The maximum absolute atomic E-state index is 5.69. The Morgan fingerprint density at radius 3 is 2.81 bits per heavy atom. The predicted octanol–water partition coefficient (Wildman–Crippen LogP) is 1.74. The number of aromatic nitrogens is 3. The van der Waals surface area contributed by atoms with Gasteiger partial charge in [0.05, 0.1) is 6.54 Å². The van der Waals surface area contributed by atoms with E-state index in [-0.39, 0.29) is 0 Å². The van der Waals surface area contributed by atoms with Crippen LogP contribution in [0.5, 0.6) is 0 Å². The van der Waals surface area contributed by atoms with Gasteiger partial charge in [-0.3, -0.25) is 0 Å². The summed E-state index contributed by atoms with van der Waals surface area (Å²) in [5, 5.41) is 4.24. The predicted molar refractivity (Wildman–Crippen MR) is 65.4 cm³/mol. The van der Waals surface area contributed by atoms with E-state index in [0.717, 1.165) is 16.4 Å². The summed E-state index contributed by atoms with van der Waals surface area (Å²) < 4.78 is 0. The molecule has 84 valence electrons. The number of nitrogens with zero attached hydrogens (tertiary/aromatic N) is 3. The van der Waals surface area contributed by atoms with Crippen LogP contribution in [-0.2, 0) is 6.54 Å². The fraction of sp³-hybridized carbons (Fsp3) is 0.300. The first-order valence-electron chi connectivity index (χ1n) is 4.89. The molecule has 0 aliphatic heterocycles. The molecule has 5 nitrogen and oxygen atoms in total. The lowest BCUT2D eigenvalue weighted by atomic mass is 10.3. The molecule has 0 spiro atoms. The van der Waals surface area contributed by atoms with Crippen LogP contribution in [0.25, 0.3) is 0 Å². The molecule has 0 aliphatic rings. The minimum absolute atomic E-state index is 0.507. The summed E-state index contributed by atoms with van der Waals surface area (Å²) in [6.45, 7) is 4.59. The zero-order chi connectivity index (χ0) is 11.5. The Labute approximate surface area is 97.8 Å². The number of hydrogen-bond donors (Lipinski definition) is 2. The number of rotatable bonds is 3. The van der Waals surface area contributed by atoms with Crippen molar-refractivity contribution >= 4 is 23.0 Å². The van der Waals surface area contributed by atoms with Crippen LogP contribution in [0.3, 0.4) is 0 Å². The van der Waals surface area contributed by atoms with E-state index in [2.05, 4.69) is 20.3 Å². The molecule has 16 heavy (non-hydrogen) atoms. The van der Waals surface area contributed by atoms with Gasteiger partial charge >= 0.3 is 0 Å². The van der Waals surface area contributed by atoms with Crippen LogP contribution in [0, 0.1) is 13.8 Å². The van der Waals surface area contributed by atoms with Crippen molar-refractivity contribution in [3.8, 4) is 0 Å². The molecule has 6 heteroatoms. The van der Waals surface area contributed by atoms with Crippen molar-refractivity contribution in [2.24, 2.45) is 0 Å². The fourth-order valence-corrected chi connectivity index (χ4v) is 2.01. The van der Waals surface area contributed by atoms with Crippen LogP contribution in [-0.4, -0.2) is 15.0 Å². The number of nitrogens with two attached hydrogens (primary N) is 1. The van der Waals surface area contributed by atoms with Gasteiger partial charge in [-0.2, -0.15) is 0 Å². The number of thiazole rings is 1. The van der Waals surface area contributed by atoms with Crippen molar-refractivity contribution in [3.63, 3.8) is 0 Å². The van der Waals surface area contributed by atoms with Crippen molar-refractivity contribution < 1.29 is 0 Å². The van der Waals surface area contributed by atoms with Crippen LogP contribution in [0.15, 0.2) is 12.5 Å². The van der Waals surface area contributed by atoms with E-state index >= 15 is 0 Å². The Morgan fingerprint density at radius 1 is 1.31 bits per heavy atom. The van der Waals surface area contributed by atoms with Gasteiger partial charge in [0.15, 0.2) is 0 Å². The van der Waals surface area contributed by atoms with E-state index in [0.29, 0.717) is 12.4 Å². The van der Waals surface area contributed by atoms with Crippen LogP contribution in [0.1, 0.15) is 15.4 Å². The molecule has 0 saturated heterocycles. The van der Waals surface area contributed by atoms with Gasteiger partial charge in [-0.25, -0.2) is 15.0 Å². The molecule has 0 bridgehead atoms. The van der Waals surface area contributed by atoms with Gasteiger partial charge in [0.2, 0.25) is 0 Å². The van der Waals surface area contributed by atoms with Gasteiger partial charge in [0, 0.05) is 16.6 Å². The summed E-state index contributed by atoms with van der Waals surface area (Å²) >= 11 is 1.67. The van der Waals surface area contributed by atoms with Gasteiger partial charge < -0.3 is 11.1 Å². The second kappa shape index (κ2) is 4.44. The van der Waals surface area contributed by atoms with Gasteiger partial charge in [-0.1, -0.05) is 0 Å². The summed E-state index contributed by atoms with van der Waals surface area (Å²) in [4.78, 5) is 13.5. The zero-order valence-electron chi connectivity index (χ0n) is 9.19. The second-order valence-electron chi connectivity index (χ2n) is 3.45. The van der Waals surface area contributed by atoms with Crippen LogP contribution >= 0.6 is 11.3 Å². The average molecular weight is 235 g/mol. The lowest BCUT2D eigenvalue weighted by Gasteiger charge is -2.07. The van der Waals surface area contributed by atoms with E-state index in [1.165, 1.54) is 11.2 Å². The highest BCUT2D eigenvalue weighted by molar-refractivity contribution is 7.11. The Bertz CT molecular complexity index is 494. The number of nitrogen functional groups attached to an aromatic ring is 1. The molecular formula is C10H13N5S. The lowest BCUT2D eigenvalue weighted by molar-refractivity contribution is 1.05. The molecule has 0 fully saturated rings. The van der Waals surface area contributed by atoms with Crippen molar-refractivity contribution in [1.82, 2.24) is 15.0 Å². The minimum Gasteiger partial charge on any atom is -0.383 e. The third-order valence-electron chi connectivity index (χ3n) is 2.20.